The van der Waals surface area contributed by atoms with Crippen LogP contribution in [0, 0.1) is 6.92 Å². The van der Waals surface area contributed by atoms with Crippen LogP contribution >= 0.6 is 11.3 Å². The Labute approximate surface area is 183 Å². The van der Waals surface area contributed by atoms with Gasteiger partial charge in [0.1, 0.15) is 6.54 Å². The number of aryl methyl sites for hydroxylation is 1. The number of aromatic nitrogens is 5. The first kappa shape index (κ1) is 19.2. The standard InChI is InChI=1S/C23H20N6OS/c1-16-22-19(20-7-3-12-31-20)8-10-24-23(22)29(27-16)15-21(30)26-18-6-2-5-17(13-18)14-28-11-4-9-25-28/h2-13H,14-15H2,1H3,(H,26,30). The molecule has 1 N–H and O–H groups in total. The van der Waals surface area contributed by atoms with Crippen LogP contribution < -0.4 is 5.32 Å². The molecule has 1 amide bonds. The number of carbonyl (C=O) groups excluding carboxylic acids is 1. The number of amides is 1. The van der Waals surface area contributed by atoms with Gasteiger partial charge in [0.2, 0.25) is 5.91 Å². The Morgan fingerprint density at radius 2 is 2.06 bits per heavy atom. The Morgan fingerprint density at radius 3 is 2.87 bits per heavy atom. The molecule has 0 aliphatic heterocycles. The highest BCUT2D eigenvalue weighted by atomic mass is 32.1. The molecule has 0 saturated carbocycles. The SMILES string of the molecule is Cc1nn(CC(=O)Nc2cccc(Cn3cccn3)c2)c2nccc(-c3cccs3)c12. The van der Waals surface area contributed by atoms with E-state index in [4.69, 9.17) is 0 Å². The largest absolute Gasteiger partial charge is 0.324 e. The number of carbonyl (C=O) groups is 1. The molecule has 0 radical (unpaired) electrons. The van der Waals surface area contributed by atoms with Gasteiger partial charge in [0.15, 0.2) is 5.65 Å². The van der Waals surface area contributed by atoms with Crippen molar-refractivity contribution in [3.8, 4) is 10.4 Å². The molecular formula is C23H20N6OS. The van der Waals surface area contributed by atoms with Crippen molar-refractivity contribution in [3.63, 3.8) is 0 Å². The van der Waals surface area contributed by atoms with E-state index in [1.807, 2.05) is 60.3 Å². The summed E-state index contributed by atoms with van der Waals surface area (Å²) in [4.78, 5) is 18.4. The number of nitrogens with zero attached hydrogens (tertiary/aromatic N) is 5. The van der Waals surface area contributed by atoms with Crippen LogP contribution in [-0.2, 0) is 17.9 Å². The van der Waals surface area contributed by atoms with Crippen molar-refractivity contribution in [1.29, 1.82) is 0 Å². The Kier molecular flexibility index (Phi) is 5.05. The normalized spacial score (nSPS) is 11.1. The van der Waals surface area contributed by atoms with Crippen molar-refractivity contribution >= 4 is 34.0 Å². The minimum absolute atomic E-state index is 0.0919. The maximum atomic E-state index is 12.8. The fraction of sp³-hybridized carbons (Fsp3) is 0.130. The average Bonchev–Trinajstić information content (AvgIpc) is 3.51. The van der Waals surface area contributed by atoms with Gasteiger partial charge in [-0.1, -0.05) is 18.2 Å². The van der Waals surface area contributed by atoms with E-state index in [2.05, 4.69) is 31.9 Å². The van der Waals surface area contributed by atoms with Crippen molar-refractivity contribution in [3.05, 3.63) is 83.8 Å². The maximum Gasteiger partial charge on any atom is 0.246 e. The van der Waals surface area contributed by atoms with Gasteiger partial charge in [0.05, 0.1) is 17.6 Å². The molecule has 0 aliphatic carbocycles. The fourth-order valence-corrected chi connectivity index (χ4v) is 4.45. The number of pyridine rings is 1. The maximum absolute atomic E-state index is 12.8. The van der Waals surface area contributed by atoms with E-state index in [1.165, 1.54) is 0 Å². The second-order valence-electron chi connectivity index (χ2n) is 7.23. The van der Waals surface area contributed by atoms with E-state index in [-0.39, 0.29) is 12.5 Å². The quantitative estimate of drug-likeness (QED) is 0.436. The van der Waals surface area contributed by atoms with Gasteiger partial charge >= 0.3 is 0 Å². The summed E-state index contributed by atoms with van der Waals surface area (Å²) < 4.78 is 3.52. The van der Waals surface area contributed by atoms with Crippen molar-refractivity contribution < 1.29 is 4.79 Å². The number of benzene rings is 1. The highest BCUT2D eigenvalue weighted by molar-refractivity contribution is 7.13. The summed E-state index contributed by atoms with van der Waals surface area (Å²) in [7, 11) is 0. The summed E-state index contributed by atoms with van der Waals surface area (Å²) in [6, 6.07) is 15.8. The first-order valence-corrected chi connectivity index (χ1v) is 10.8. The van der Waals surface area contributed by atoms with Crippen LogP contribution in [0.15, 0.2) is 72.5 Å². The summed E-state index contributed by atoms with van der Waals surface area (Å²) in [5.74, 6) is -0.149. The van der Waals surface area contributed by atoms with Gasteiger partial charge in [-0.15, -0.1) is 11.3 Å². The van der Waals surface area contributed by atoms with Gasteiger partial charge in [-0.25, -0.2) is 9.67 Å². The zero-order valence-corrected chi connectivity index (χ0v) is 17.7. The number of hydrogen-bond donors (Lipinski definition) is 1. The van der Waals surface area contributed by atoms with Crippen LogP contribution in [0.5, 0.6) is 0 Å². The third-order valence-corrected chi connectivity index (χ3v) is 5.91. The van der Waals surface area contributed by atoms with Crippen molar-refractivity contribution in [2.24, 2.45) is 0 Å². The minimum atomic E-state index is -0.149. The molecule has 0 atom stereocenters. The summed E-state index contributed by atoms with van der Waals surface area (Å²) in [5.41, 5.74) is 4.47. The molecule has 4 aromatic heterocycles. The molecule has 0 bridgehead atoms. The van der Waals surface area contributed by atoms with Gasteiger partial charge in [0.25, 0.3) is 0 Å². The van der Waals surface area contributed by atoms with E-state index < -0.39 is 0 Å². The molecule has 0 aliphatic rings. The number of thiophene rings is 1. The predicted molar refractivity (Wildman–Crippen MR) is 122 cm³/mol. The van der Waals surface area contributed by atoms with Gasteiger partial charge < -0.3 is 5.32 Å². The first-order chi connectivity index (χ1) is 15.2. The van der Waals surface area contributed by atoms with Crippen LogP contribution in [0.4, 0.5) is 5.69 Å². The van der Waals surface area contributed by atoms with Crippen molar-refractivity contribution in [1.82, 2.24) is 24.5 Å². The molecule has 0 saturated heterocycles. The zero-order valence-electron chi connectivity index (χ0n) is 16.9. The number of nitrogens with one attached hydrogen (secondary N) is 1. The molecule has 0 unspecified atom stereocenters. The summed E-state index contributed by atoms with van der Waals surface area (Å²) >= 11 is 1.68. The lowest BCUT2D eigenvalue weighted by atomic mass is 10.1. The monoisotopic (exact) mass is 428 g/mol. The number of anilines is 1. The molecule has 31 heavy (non-hydrogen) atoms. The lowest BCUT2D eigenvalue weighted by molar-refractivity contribution is -0.116. The van der Waals surface area contributed by atoms with Gasteiger partial charge in [-0.2, -0.15) is 10.2 Å². The minimum Gasteiger partial charge on any atom is -0.324 e. The highest BCUT2D eigenvalue weighted by Gasteiger charge is 2.16. The lowest BCUT2D eigenvalue weighted by Crippen LogP contribution is -2.20. The van der Waals surface area contributed by atoms with Crippen LogP contribution in [0.1, 0.15) is 11.3 Å². The molecule has 5 aromatic rings. The zero-order chi connectivity index (χ0) is 21.2. The smallest absolute Gasteiger partial charge is 0.246 e. The van der Waals surface area contributed by atoms with E-state index in [0.717, 1.165) is 32.8 Å². The molecular weight excluding hydrogens is 408 g/mol. The topological polar surface area (TPSA) is 77.6 Å². The third-order valence-electron chi connectivity index (χ3n) is 5.00. The Morgan fingerprint density at radius 1 is 1.13 bits per heavy atom. The van der Waals surface area contributed by atoms with E-state index in [0.29, 0.717) is 12.2 Å². The Bertz CT molecular complexity index is 1340. The average molecular weight is 429 g/mol. The molecule has 7 nitrogen and oxygen atoms in total. The van der Waals surface area contributed by atoms with Gasteiger partial charge in [-0.3, -0.25) is 9.48 Å². The second kappa shape index (κ2) is 8.16. The van der Waals surface area contributed by atoms with E-state index in [9.17, 15) is 4.79 Å². The molecule has 4 heterocycles. The molecule has 0 spiro atoms. The number of rotatable bonds is 6. The first-order valence-electron chi connectivity index (χ1n) is 9.89. The van der Waals surface area contributed by atoms with Crippen LogP contribution in [0.2, 0.25) is 0 Å². The fourth-order valence-electron chi connectivity index (χ4n) is 3.69. The Hall–Kier alpha value is -3.78. The molecule has 154 valence electrons. The predicted octanol–water partition coefficient (Wildman–Crippen LogP) is 4.35. The third kappa shape index (κ3) is 3.97. The highest BCUT2D eigenvalue weighted by Crippen LogP contribution is 2.32. The van der Waals surface area contributed by atoms with E-state index >= 15 is 0 Å². The summed E-state index contributed by atoms with van der Waals surface area (Å²) in [6.45, 7) is 2.69. The summed E-state index contributed by atoms with van der Waals surface area (Å²) in [5, 5.41) is 14.8. The van der Waals surface area contributed by atoms with Crippen LogP contribution in [-0.4, -0.2) is 30.5 Å². The molecule has 1 aromatic carbocycles. The van der Waals surface area contributed by atoms with Crippen molar-refractivity contribution in [2.75, 3.05) is 5.32 Å². The summed E-state index contributed by atoms with van der Waals surface area (Å²) in [6.07, 6.45) is 5.43. The second-order valence-corrected chi connectivity index (χ2v) is 8.18. The van der Waals surface area contributed by atoms with Crippen molar-refractivity contribution in [2.45, 2.75) is 20.0 Å². The number of fused-ring (bicyclic) bond motifs is 1. The van der Waals surface area contributed by atoms with Gasteiger partial charge in [-0.05, 0) is 48.2 Å². The van der Waals surface area contributed by atoms with Crippen LogP contribution in [0.3, 0.4) is 0 Å². The van der Waals surface area contributed by atoms with Gasteiger partial charge in [0, 0.05) is 34.7 Å². The molecule has 5 rings (SSSR count). The van der Waals surface area contributed by atoms with E-state index in [1.54, 1.807) is 28.4 Å². The Balaban J connectivity index is 1.36. The molecule has 8 heteroatoms. The molecule has 0 fully saturated rings. The van der Waals surface area contributed by atoms with Crippen LogP contribution in [0.25, 0.3) is 21.5 Å². The lowest BCUT2D eigenvalue weighted by Gasteiger charge is -2.08. The number of hydrogen-bond acceptors (Lipinski definition) is 5.